The molecule has 0 saturated carbocycles. The summed E-state index contributed by atoms with van der Waals surface area (Å²) in [6.07, 6.45) is 0.886. The Kier molecular flexibility index (Phi) is 5.93. The SMILES string of the molecule is CCCN(C(=O)CN)C(C)c1ccc(Cl)c(Cl)c1. The van der Waals surface area contributed by atoms with Crippen LogP contribution in [0.15, 0.2) is 18.2 Å². The number of halogens is 2. The van der Waals surface area contributed by atoms with Crippen LogP contribution in [0.4, 0.5) is 0 Å². The highest BCUT2D eigenvalue weighted by atomic mass is 35.5. The maximum absolute atomic E-state index is 11.8. The van der Waals surface area contributed by atoms with Crippen molar-refractivity contribution in [2.75, 3.05) is 13.1 Å². The zero-order valence-electron chi connectivity index (χ0n) is 10.6. The number of carbonyl (C=O) groups excluding carboxylic acids is 1. The molecule has 0 aromatic heterocycles. The first kappa shape index (κ1) is 15.3. The van der Waals surface area contributed by atoms with Gasteiger partial charge in [-0.2, -0.15) is 0 Å². The van der Waals surface area contributed by atoms with Crippen molar-refractivity contribution in [2.45, 2.75) is 26.3 Å². The number of benzene rings is 1. The fraction of sp³-hybridized carbons (Fsp3) is 0.462. The Morgan fingerprint density at radius 2 is 2.06 bits per heavy atom. The molecule has 0 aliphatic heterocycles. The predicted molar refractivity (Wildman–Crippen MR) is 75.9 cm³/mol. The Labute approximate surface area is 118 Å². The molecule has 18 heavy (non-hydrogen) atoms. The van der Waals surface area contributed by atoms with E-state index in [0.717, 1.165) is 12.0 Å². The van der Waals surface area contributed by atoms with E-state index in [2.05, 4.69) is 0 Å². The molecule has 1 rings (SSSR count). The van der Waals surface area contributed by atoms with Crippen LogP contribution in [-0.2, 0) is 4.79 Å². The first-order valence-corrected chi connectivity index (χ1v) is 6.71. The second kappa shape index (κ2) is 6.98. The lowest BCUT2D eigenvalue weighted by atomic mass is 10.1. The first-order valence-electron chi connectivity index (χ1n) is 5.95. The van der Waals surface area contributed by atoms with Gasteiger partial charge in [0.2, 0.25) is 5.91 Å². The molecule has 1 amide bonds. The van der Waals surface area contributed by atoms with Crippen LogP contribution in [0, 0.1) is 0 Å². The molecule has 0 aliphatic carbocycles. The Bertz CT molecular complexity index is 423. The zero-order valence-corrected chi connectivity index (χ0v) is 12.1. The maximum Gasteiger partial charge on any atom is 0.236 e. The lowest BCUT2D eigenvalue weighted by molar-refractivity contribution is -0.131. The van der Waals surface area contributed by atoms with Gasteiger partial charge in [-0.15, -0.1) is 0 Å². The standard InChI is InChI=1S/C13H18Cl2N2O/c1-3-6-17(13(18)8-16)9(2)10-4-5-11(14)12(15)7-10/h4-5,7,9H,3,6,8,16H2,1-2H3. The van der Waals surface area contributed by atoms with Crippen LogP contribution in [0.25, 0.3) is 0 Å². The van der Waals surface area contributed by atoms with E-state index in [4.69, 9.17) is 28.9 Å². The van der Waals surface area contributed by atoms with E-state index in [0.29, 0.717) is 16.6 Å². The summed E-state index contributed by atoms with van der Waals surface area (Å²) in [4.78, 5) is 13.6. The number of hydrogen-bond acceptors (Lipinski definition) is 2. The van der Waals surface area contributed by atoms with Gasteiger partial charge in [0, 0.05) is 6.54 Å². The third kappa shape index (κ3) is 3.61. The van der Waals surface area contributed by atoms with Crippen LogP contribution < -0.4 is 5.73 Å². The molecular formula is C13H18Cl2N2O. The molecule has 0 fully saturated rings. The van der Waals surface area contributed by atoms with Gasteiger partial charge in [0.1, 0.15) is 0 Å². The Morgan fingerprint density at radius 3 is 2.56 bits per heavy atom. The number of amides is 1. The summed E-state index contributed by atoms with van der Waals surface area (Å²) >= 11 is 11.9. The minimum Gasteiger partial charge on any atom is -0.335 e. The molecule has 100 valence electrons. The molecule has 1 aromatic rings. The quantitative estimate of drug-likeness (QED) is 0.904. The number of rotatable bonds is 5. The van der Waals surface area contributed by atoms with Crippen LogP contribution in [0.2, 0.25) is 10.0 Å². The Balaban J connectivity index is 2.97. The fourth-order valence-electron chi connectivity index (χ4n) is 1.84. The van der Waals surface area contributed by atoms with Crippen molar-refractivity contribution in [1.82, 2.24) is 4.90 Å². The Hall–Kier alpha value is -0.770. The van der Waals surface area contributed by atoms with Gasteiger partial charge in [0.15, 0.2) is 0 Å². The molecule has 0 saturated heterocycles. The van der Waals surface area contributed by atoms with Gasteiger partial charge in [-0.25, -0.2) is 0 Å². The lowest BCUT2D eigenvalue weighted by Gasteiger charge is -2.29. The minimum atomic E-state index is -0.0598. The largest absolute Gasteiger partial charge is 0.335 e. The van der Waals surface area contributed by atoms with Gasteiger partial charge < -0.3 is 10.6 Å². The third-order valence-electron chi connectivity index (χ3n) is 2.85. The number of hydrogen-bond donors (Lipinski definition) is 1. The molecule has 5 heteroatoms. The molecule has 2 N–H and O–H groups in total. The molecule has 0 heterocycles. The van der Waals surface area contributed by atoms with E-state index in [1.807, 2.05) is 19.9 Å². The molecule has 1 atom stereocenters. The summed E-state index contributed by atoms with van der Waals surface area (Å²) in [5.41, 5.74) is 6.39. The van der Waals surface area contributed by atoms with Crippen LogP contribution in [0.1, 0.15) is 31.9 Å². The van der Waals surface area contributed by atoms with Crippen LogP contribution >= 0.6 is 23.2 Å². The molecule has 1 aromatic carbocycles. The summed E-state index contributed by atoms with van der Waals surface area (Å²) in [7, 11) is 0. The summed E-state index contributed by atoms with van der Waals surface area (Å²) in [5, 5.41) is 1.01. The van der Waals surface area contributed by atoms with Crippen molar-refractivity contribution in [3.05, 3.63) is 33.8 Å². The van der Waals surface area contributed by atoms with Gasteiger partial charge in [-0.05, 0) is 31.0 Å². The van der Waals surface area contributed by atoms with Crippen molar-refractivity contribution < 1.29 is 4.79 Å². The molecular weight excluding hydrogens is 271 g/mol. The predicted octanol–water partition coefficient (Wildman–Crippen LogP) is 3.25. The van der Waals surface area contributed by atoms with Crippen molar-refractivity contribution in [1.29, 1.82) is 0 Å². The molecule has 0 radical (unpaired) electrons. The lowest BCUT2D eigenvalue weighted by Crippen LogP contribution is -2.38. The topological polar surface area (TPSA) is 46.3 Å². The number of nitrogens with zero attached hydrogens (tertiary/aromatic N) is 1. The number of nitrogens with two attached hydrogens (primary N) is 1. The molecule has 0 spiro atoms. The highest BCUT2D eigenvalue weighted by Gasteiger charge is 2.20. The molecule has 1 unspecified atom stereocenters. The van der Waals surface area contributed by atoms with Crippen LogP contribution in [0.5, 0.6) is 0 Å². The summed E-state index contributed by atoms with van der Waals surface area (Å²) in [6.45, 7) is 4.68. The fourth-order valence-corrected chi connectivity index (χ4v) is 2.15. The van der Waals surface area contributed by atoms with Gasteiger partial charge in [-0.3, -0.25) is 4.79 Å². The van der Waals surface area contributed by atoms with E-state index in [1.54, 1.807) is 17.0 Å². The first-order chi connectivity index (χ1) is 8.51. The van der Waals surface area contributed by atoms with E-state index in [-0.39, 0.29) is 18.5 Å². The smallest absolute Gasteiger partial charge is 0.236 e. The van der Waals surface area contributed by atoms with Crippen molar-refractivity contribution >= 4 is 29.1 Å². The Morgan fingerprint density at radius 1 is 1.39 bits per heavy atom. The monoisotopic (exact) mass is 288 g/mol. The molecule has 0 bridgehead atoms. The summed E-state index contributed by atoms with van der Waals surface area (Å²) in [5.74, 6) is -0.0598. The summed E-state index contributed by atoms with van der Waals surface area (Å²) < 4.78 is 0. The number of carbonyl (C=O) groups is 1. The van der Waals surface area contributed by atoms with E-state index < -0.39 is 0 Å². The average Bonchev–Trinajstić information content (AvgIpc) is 2.37. The van der Waals surface area contributed by atoms with Crippen LogP contribution in [-0.4, -0.2) is 23.9 Å². The van der Waals surface area contributed by atoms with E-state index in [1.165, 1.54) is 0 Å². The van der Waals surface area contributed by atoms with Crippen molar-refractivity contribution in [3.8, 4) is 0 Å². The van der Waals surface area contributed by atoms with Gasteiger partial charge in [-0.1, -0.05) is 36.2 Å². The highest BCUT2D eigenvalue weighted by molar-refractivity contribution is 6.42. The van der Waals surface area contributed by atoms with Crippen LogP contribution in [0.3, 0.4) is 0 Å². The molecule has 3 nitrogen and oxygen atoms in total. The zero-order chi connectivity index (χ0) is 13.7. The highest BCUT2D eigenvalue weighted by Crippen LogP contribution is 2.28. The third-order valence-corrected chi connectivity index (χ3v) is 3.59. The second-order valence-corrected chi connectivity index (χ2v) is 4.96. The maximum atomic E-state index is 11.8. The normalized spacial score (nSPS) is 12.3. The summed E-state index contributed by atoms with van der Waals surface area (Å²) in [6, 6.07) is 5.36. The molecule has 0 aliphatic rings. The van der Waals surface area contributed by atoms with Crippen molar-refractivity contribution in [2.24, 2.45) is 5.73 Å². The second-order valence-electron chi connectivity index (χ2n) is 4.14. The van der Waals surface area contributed by atoms with Gasteiger partial charge in [0.05, 0.1) is 22.6 Å². The van der Waals surface area contributed by atoms with Gasteiger partial charge in [0.25, 0.3) is 0 Å². The average molecular weight is 289 g/mol. The minimum absolute atomic E-state index is 0.0195. The van der Waals surface area contributed by atoms with Crippen molar-refractivity contribution in [3.63, 3.8) is 0 Å². The van der Waals surface area contributed by atoms with Gasteiger partial charge >= 0.3 is 0 Å². The van der Waals surface area contributed by atoms with E-state index in [9.17, 15) is 4.79 Å². The van der Waals surface area contributed by atoms with E-state index >= 15 is 0 Å².